The van der Waals surface area contributed by atoms with Gasteiger partial charge >= 0.3 is 0 Å². The van der Waals surface area contributed by atoms with E-state index in [4.69, 9.17) is 4.74 Å². The molecule has 1 aromatic rings. The van der Waals surface area contributed by atoms with E-state index in [2.05, 4.69) is 0 Å². The first-order valence-electron chi connectivity index (χ1n) is 5.76. The van der Waals surface area contributed by atoms with Crippen LogP contribution in [0.15, 0.2) is 18.2 Å². The second-order valence-corrected chi connectivity index (χ2v) is 5.84. The Hall–Kier alpha value is -0.740. The van der Waals surface area contributed by atoms with Gasteiger partial charge in [-0.3, -0.25) is 0 Å². The molecule has 1 fully saturated rings. The molecule has 0 amide bonds. The number of ether oxygens (including phenoxy) is 1. The van der Waals surface area contributed by atoms with Gasteiger partial charge in [0.25, 0.3) is 0 Å². The summed E-state index contributed by atoms with van der Waals surface area (Å²) in [6.07, 6.45) is 1.53. The normalized spacial score (nSPS) is 29.1. The molecule has 0 aromatic heterocycles. The smallest absolute Gasteiger partial charge is 0.133 e. The van der Waals surface area contributed by atoms with Crippen LogP contribution in [0.1, 0.15) is 25.3 Å². The average Bonchev–Trinajstić information content (AvgIpc) is 2.32. The lowest BCUT2D eigenvalue weighted by Gasteiger charge is -2.38. The first kappa shape index (κ1) is 12.7. The molecule has 2 rings (SSSR count). The van der Waals surface area contributed by atoms with Crippen LogP contribution in [-0.2, 0) is 5.60 Å². The predicted octanol–water partition coefficient (Wildman–Crippen LogP) is 2.94. The number of rotatable bonds is 2. The number of benzene rings is 1. The number of methoxy groups -OCH3 is 1. The van der Waals surface area contributed by atoms with Crippen LogP contribution in [0.4, 0.5) is 4.39 Å². The summed E-state index contributed by atoms with van der Waals surface area (Å²) in [6.45, 7) is 1.95. The molecule has 1 aromatic carbocycles. The first-order valence-corrected chi connectivity index (χ1v) is 6.81. The van der Waals surface area contributed by atoms with E-state index in [0.717, 1.165) is 12.2 Å². The van der Waals surface area contributed by atoms with E-state index < -0.39 is 5.60 Å². The lowest BCUT2D eigenvalue weighted by Crippen LogP contribution is -2.39. The molecule has 17 heavy (non-hydrogen) atoms. The maximum atomic E-state index is 14.0. The molecular formula is C13H17FO2S. The summed E-state index contributed by atoms with van der Waals surface area (Å²) >= 11 is 1.69. The third-order valence-electron chi connectivity index (χ3n) is 3.39. The molecule has 1 aliphatic heterocycles. The summed E-state index contributed by atoms with van der Waals surface area (Å²) < 4.78 is 19.0. The van der Waals surface area contributed by atoms with Gasteiger partial charge in [0.15, 0.2) is 0 Å². The SMILES string of the molecule is COc1ccc(C2(O)CCCSC2C)c(F)c1. The number of hydrogen-bond acceptors (Lipinski definition) is 3. The van der Waals surface area contributed by atoms with E-state index in [1.165, 1.54) is 13.2 Å². The zero-order valence-electron chi connectivity index (χ0n) is 10.1. The van der Waals surface area contributed by atoms with Crippen LogP contribution < -0.4 is 4.74 Å². The minimum atomic E-state index is -1.06. The molecule has 1 aliphatic rings. The van der Waals surface area contributed by atoms with Gasteiger partial charge in [-0.05, 0) is 30.7 Å². The molecule has 2 nitrogen and oxygen atoms in total. The highest BCUT2D eigenvalue weighted by molar-refractivity contribution is 8.00. The molecule has 94 valence electrons. The molecule has 1 heterocycles. The molecule has 0 bridgehead atoms. The van der Waals surface area contributed by atoms with Crippen LogP contribution in [0.5, 0.6) is 5.75 Å². The fourth-order valence-electron chi connectivity index (χ4n) is 2.27. The van der Waals surface area contributed by atoms with E-state index >= 15 is 0 Å². The Bertz CT molecular complexity index is 410. The summed E-state index contributed by atoms with van der Waals surface area (Å²) in [6, 6.07) is 4.66. The maximum Gasteiger partial charge on any atom is 0.133 e. The van der Waals surface area contributed by atoms with Gasteiger partial charge < -0.3 is 9.84 Å². The molecule has 2 atom stereocenters. The fraction of sp³-hybridized carbons (Fsp3) is 0.538. The highest BCUT2D eigenvalue weighted by Crippen LogP contribution is 2.42. The van der Waals surface area contributed by atoms with Gasteiger partial charge in [0.1, 0.15) is 17.2 Å². The van der Waals surface area contributed by atoms with Crippen molar-refractivity contribution in [3.63, 3.8) is 0 Å². The molecule has 0 aliphatic carbocycles. The van der Waals surface area contributed by atoms with Gasteiger partial charge in [0.05, 0.1) is 7.11 Å². The van der Waals surface area contributed by atoms with Crippen molar-refractivity contribution in [1.29, 1.82) is 0 Å². The largest absolute Gasteiger partial charge is 0.497 e. The van der Waals surface area contributed by atoms with Crippen LogP contribution in [0.2, 0.25) is 0 Å². The van der Waals surface area contributed by atoms with Crippen molar-refractivity contribution in [1.82, 2.24) is 0 Å². The molecule has 0 spiro atoms. The quantitative estimate of drug-likeness (QED) is 0.882. The third-order valence-corrected chi connectivity index (χ3v) is 4.80. The minimum Gasteiger partial charge on any atom is -0.497 e. The van der Waals surface area contributed by atoms with Gasteiger partial charge in [0, 0.05) is 16.9 Å². The fourth-order valence-corrected chi connectivity index (χ4v) is 3.46. The third kappa shape index (κ3) is 2.29. The Morgan fingerprint density at radius 2 is 2.29 bits per heavy atom. The van der Waals surface area contributed by atoms with Crippen molar-refractivity contribution in [3.8, 4) is 5.75 Å². The minimum absolute atomic E-state index is 0.0131. The van der Waals surface area contributed by atoms with Crippen molar-refractivity contribution in [2.24, 2.45) is 0 Å². The van der Waals surface area contributed by atoms with Crippen molar-refractivity contribution >= 4 is 11.8 Å². The molecule has 1 saturated heterocycles. The highest BCUT2D eigenvalue weighted by Gasteiger charge is 2.40. The van der Waals surface area contributed by atoms with Gasteiger partial charge in [-0.1, -0.05) is 6.92 Å². The standard InChI is InChI=1S/C13H17FO2S/c1-9-13(15,6-3-7-17-9)11-5-4-10(16-2)8-12(11)14/h4-5,8-9,15H,3,6-7H2,1-2H3. The van der Waals surface area contributed by atoms with Crippen molar-refractivity contribution < 1.29 is 14.2 Å². The Morgan fingerprint density at radius 3 is 2.88 bits per heavy atom. The zero-order valence-corrected chi connectivity index (χ0v) is 10.9. The monoisotopic (exact) mass is 256 g/mol. The van der Waals surface area contributed by atoms with Crippen LogP contribution in [0.25, 0.3) is 0 Å². The molecule has 4 heteroatoms. The molecular weight excluding hydrogens is 239 g/mol. The number of thioether (sulfide) groups is 1. The first-order chi connectivity index (χ1) is 8.08. The van der Waals surface area contributed by atoms with Crippen molar-refractivity contribution in [2.45, 2.75) is 30.6 Å². The van der Waals surface area contributed by atoms with Crippen LogP contribution in [0, 0.1) is 5.82 Å². The molecule has 1 N–H and O–H groups in total. The van der Waals surface area contributed by atoms with E-state index in [1.807, 2.05) is 6.92 Å². The van der Waals surface area contributed by atoms with Gasteiger partial charge in [-0.25, -0.2) is 4.39 Å². The Morgan fingerprint density at radius 1 is 1.53 bits per heavy atom. The molecule has 0 radical (unpaired) electrons. The summed E-state index contributed by atoms with van der Waals surface area (Å²) in [5.74, 6) is 1.12. The van der Waals surface area contributed by atoms with Crippen molar-refractivity contribution in [2.75, 3.05) is 12.9 Å². The van der Waals surface area contributed by atoms with E-state index in [1.54, 1.807) is 23.9 Å². The molecule has 0 saturated carbocycles. The lowest BCUT2D eigenvalue weighted by molar-refractivity contribution is 0.0219. The van der Waals surface area contributed by atoms with Crippen LogP contribution >= 0.6 is 11.8 Å². The predicted molar refractivity (Wildman–Crippen MR) is 68.0 cm³/mol. The van der Waals surface area contributed by atoms with E-state index in [9.17, 15) is 9.50 Å². The highest BCUT2D eigenvalue weighted by atomic mass is 32.2. The van der Waals surface area contributed by atoms with Gasteiger partial charge in [-0.2, -0.15) is 11.8 Å². The lowest BCUT2D eigenvalue weighted by atomic mass is 9.85. The van der Waals surface area contributed by atoms with E-state index in [-0.39, 0.29) is 11.1 Å². The van der Waals surface area contributed by atoms with Gasteiger partial charge in [-0.15, -0.1) is 0 Å². The zero-order chi connectivity index (χ0) is 12.5. The summed E-state index contributed by atoms with van der Waals surface area (Å²) in [4.78, 5) is 0. The molecule has 2 unspecified atom stereocenters. The Kier molecular flexibility index (Phi) is 3.64. The Balaban J connectivity index is 2.38. The topological polar surface area (TPSA) is 29.5 Å². The second-order valence-electron chi connectivity index (χ2n) is 4.39. The van der Waals surface area contributed by atoms with E-state index in [0.29, 0.717) is 17.7 Å². The number of aliphatic hydroxyl groups is 1. The van der Waals surface area contributed by atoms with Crippen molar-refractivity contribution in [3.05, 3.63) is 29.6 Å². The average molecular weight is 256 g/mol. The second kappa shape index (κ2) is 4.86. The number of halogens is 1. The van der Waals surface area contributed by atoms with Crippen LogP contribution in [-0.4, -0.2) is 23.2 Å². The Labute approximate surface area is 105 Å². The number of hydrogen-bond donors (Lipinski definition) is 1. The summed E-state index contributed by atoms with van der Waals surface area (Å²) in [7, 11) is 1.50. The maximum absolute atomic E-state index is 14.0. The van der Waals surface area contributed by atoms with Gasteiger partial charge in [0.2, 0.25) is 0 Å². The van der Waals surface area contributed by atoms with Crippen LogP contribution in [0.3, 0.4) is 0 Å². The summed E-state index contributed by atoms with van der Waals surface area (Å²) in [5.41, 5.74) is -0.669. The summed E-state index contributed by atoms with van der Waals surface area (Å²) in [5, 5.41) is 10.7.